The molecule has 1 heterocycles. The number of anilines is 1. The van der Waals surface area contributed by atoms with Crippen molar-refractivity contribution in [3.05, 3.63) is 52.0 Å². The summed E-state index contributed by atoms with van der Waals surface area (Å²) in [6.07, 6.45) is 0. The lowest BCUT2D eigenvalue weighted by molar-refractivity contribution is 0.619. The lowest BCUT2D eigenvalue weighted by Crippen LogP contribution is -2.20. The summed E-state index contributed by atoms with van der Waals surface area (Å²) in [7, 11) is 1.88. The number of thiophene rings is 1. The lowest BCUT2D eigenvalue weighted by atomic mass is 10.1. The zero-order chi connectivity index (χ0) is 12.3. The second-order valence-corrected chi connectivity index (χ2v) is 4.72. The molecule has 0 aliphatic heterocycles. The van der Waals surface area contributed by atoms with E-state index in [2.05, 4.69) is 5.38 Å². The summed E-state index contributed by atoms with van der Waals surface area (Å²) in [5, 5.41) is 4.09. The maximum atomic E-state index is 13.8. The van der Waals surface area contributed by atoms with Crippen molar-refractivity contribution in [3.8, 4) is 0 Å². The Morgan fingerprint density at radius 1 is 1.35 bits per heavy atom. The van der Waals surface area contributed by atoms with E-state index >= 15 is 0 Å². The molecular formula is C13H15FN2S. The van der Waals surface area contributed by atoms with Gasteiger partial charge in [0.15, 0.2) is 0 Å². The molecule has 90 valence electrons. The van der Waals surface area contributed by atoms with Crippen LogP contribution in [0.1, 0.15) is 11.1 Å². The number of halogens is 1. The van der Waals surface area contributed by atoms with Gasteiger partial charge in [-0.25, -0.2) is 4.39 Å². The standard InChI is InChI=1S/C13H15FN2S/c1-16(8-10-5-6-17-9-10)13-11(7-15)3-2-4-12(13)14/h2-6,9H,7-8,15H2,1H3. The molecule has 0 amide bonds. The number of nitrogens with two attached hydrogens (primary N) is 1. The van der Waals surface area contributed by atoms with Crippen LogP contribution in [0, 0.1) is 5.82 Å². The molecule has 0 saturated heterocycles. The van der Waals surface area contributed by atoms with Crippen LogP contribution in [0.4, 0.5) is 10.1 Å². The molecule has 0 radical (unpaired) electrons. The van der Waals surface area contributed by atoms with E-state index < -0.39 is 0 Å². The average molecular weight is 250 g/mol. The first-order valence-corrected chi connectivity index (χ1v) is 6.36. The minimum atomic E-state index is -0.217. The Labute approximate surface area is 104 Å². The smallest absolute Gasteiger partial charge is 0.146 e. The fourth-order valence-electron chi connectivity index (χ4n) is 1.89. The van der Waals surface area contributed by atoms with Gasteiger partial charge in [0.1, 0.15) is 5.82 Å². The highest BCUT2D eigenvalue weighted by molar-refractivity contribution is 7.07. The maximum Gasteiger partial charge on any atom is 0.146 e. The number of hydrogen-bond acceptors (Lipinski definition) is 3. The van der Waals surface area contributed by atoms with Crippen LogP contribution in [0.25, 0.3) is 0 Å². The zero-order valence-corrected chi connectivity index (χ0v) is 10.5. The summed E-state index contributed by atoms with van der Waals surface area (Å²) in [4.78, 5) is 1.90. The normalized spacial score (nSPS) is 10.5. The van der Waals surface area contributed by atoms with Crippen LogP contribution in [-0.2, 0) is 13.1 Å². The third kappa shape index (κ3) is 2.65. The summed E-state index contributed by atoms with van der Waals surface area (Å²) in [5.41, 5.74) is 8.26. The molecule has 0 aliphatic rings. The van der Waals surface area contributed by atoms with E-state index in [-0.39, 0.29) is 5.82 Å². The van der Waals surface area contributed by atoms with Gasteiger partial charge in [-0.05, 0) is 34.0 Å². The summed E-state index contributed by atoms with van der Waals surface area (Å²) in [6, 6.07) is 7.07. The van der Waals surface area contributed by atoms with Crippen molar-refractivity contribution in [2.45, 2.75) is 13.1 Å². The summed E-state index contributed by atoms with van der Waals surface area (Å²) < 4.78 is 13.8. The van der Waals surface area contributed by atoms with Gasteiger partial charge in [-0.3, -0.25) is 0 Å². The lowest BCUT2D eigenvalue weighted by Gasteiger charge is -2.22. The van der Waals surface area contributed by atoms with Crippen molar-refractivity contribution in [1.82, 2.24) is 0 Å². The fraction of sp³-hybridized carbons (Fsp3) is 0.231. The highest BCUT2D eigenvalue weighted by atomic mass is 32.1. The fourth-order valence-corrected chi connectivity index (χ4v) is 2.55. The molecule has 2 rings (SSSR count). The first-order valence-electron chi connectivity index (χ1n) is 5.42. The number of para-hydroxylation sites is 1. The molecule has 1 aromatic heterocycles. The Kier molecular flexibility index (Phi) is 3.76. The SMILES string of the molecule is CN(Cc1ccsc1)c1c(F)cccc1CN. The minimum Gasteiger partial charge on any atom is -0.368 e. The highest BCUT2D eigenvalue weighted by Gasteiger charge is 2.12. The molecule has 2 nitrogen and oxygen atoms in total. The molecule has 0 atom stereocenters. The first kappa shape index (κ1) is 12.1. The van der Waals surface area contributed by atoms with Crippen LogP contribution < -0.4 is 10.6 Å². The van der Waals surface area contributed by atoms with Crippen molar-refractivity contribution in [2.75, 3.05) is 11.9 Å². The zero-order valence-electron chi connectivity index (χ0n) is 9.69. The van der Waals surface area contributed by atoms with Crippen molar-refractivity contribution in [2.24, 2.45) is 5.73 Å². The topological polar surface area (TPSA) is 29.3 Å². The maximum absolute atomic E-state index is 13.8. The predicted molar refractivity (Wildman–Crippen MR) is 70.7 cm³/mol. The van der Waals surface area contributed by atoms with Gasteiger partial charge in [0.2, 0.25) is 0 Å². The molecule has 0 aliphatic carbocycles. The van der Waals surface area contributed by atoms with Gasteiger partial charge in [-0.1, -0.05) is 12.1 Å². The van der Waals surface area contributed by atoms with Gasteiger partial charge < -0.3 is 10.6 Å². The molecular weight excluding hydrogens is 235 g/mol. The van der Waals surface area contributed by atoms with E-state index in [4.69, 9.17) is 5.73 Å². The van der Waals surface area contributed by atoms with E-state index in [1.54, 1.807) is 17.4 Å². The van der Waals surface area contributed by atoms with Crippen molar-refractivity contribution < 1.29 is 4.39 Å². The van der Waals surface area contributed by atoms with E-state index in [1.165, 1.54) is 11.6 Å². The minimum absolute atomic E-state index is 0.217. The van der Waals surface area contributed by atoms with E-state index in [1.807, 2.05) is 29.5 Å². The third-order valence-corrected chi connectivity index (χ3v) is 3.40. The van der Waals surface area contributed by atoms with Crippen LogP contribution in [-0.4, -0.2) is 7.05 Å². The Hall–Kier alpha value is -1.39. The van der Waals surface area contributed by atoms with Crippen LogP contribution in [0.3, 0.4) is 0 Å². The van der Waals surface area contributed by atoms with E-state index in [0.717, 1.165) is 5.56 Å². The van der Waals surface area contributed by atoms with Crippen molar-refractivity contribution in [1.29, 1.82) is 0 Å². The quantitative estimate of drug-likeness (QED) is 0.904. The van der Waals surface area contributed by atoms with Crippen molar-refractivity contribution in [3.63, 3.8) is 0 Å². The Morgan fingerprint density at radius 2 is 2.18 bits per heavy atom. The van der Waals surface area contributed by atoms with Gasteiger partial charge in [0, 0.05) is 20.1 Å². The molecule has 0 spiro atoms. The predicted octanol–water partition coefficient (Wildman–Crippen LogP) is 2.98. The number of hydrogen-bond donors (Lipinski definition) is 1. The Morgan fingerprint density at radius 3 is 2.82 bits per heavy atom. The molecule has 2 N–H and O–H groups in total. The second kappa shape index (κ2) is 5.29. The third-order valence-electron chi connectivity index (χ3n) is 2.67. The van der Waals surface area contributed by atoms with Gasteiger partial charge >= 0.3 is 0 Å². The monoisotopic (exact) mass is 250 g/mol. The van der Waals surface area contributed by atoms with Crippen LogP contribution >= 0.6 is 11.3 Å². The molecule has 0 saturated carbocycles. The van der Waals surface area contributed by atoms with E-state index in [9.17, 15) is 4.39 Å². The summed E-state index contributed by atoms with van der Waals surface area (Å²) >= 11 is 1.65. The van der Waals surface area contributed by atoms with Crippen molar-refractivity contribution >= 4 is 17.0 Å². The van der Waals surface area contributed by atoms with Gasteiger partial charge in [-0.15, -0.1) is 0 Å². The molecule has 17 heavy (non-hydrogen) atoms. The van der Waals surface area contributed by atoms with Gasteiger partial charge in [-0.2, -0.15) is 11.3 Å². The van der Waals surface area contributed by atoms with Crippen LogP contribution in [0.2, 0.25) is 0 Å². The summed E-state index contributed by atoms with van der Waals surface area (Å²) in [6.45, 7) is 1.04. The average Bonchev–Trinajstić information content (AvgIpc) is 2.81. The molecule has 0 unspecified atom stereocenters. The highest BCUT2D eigenvalue weighted by Crippen LogP contribution is 2.25. The number of benzene rings is 1. The molecule has 1 aromatic carbocycles. The van der Waals surface area contributed by atoms with Gasteiger partial charge in [0.05, 0.1) is 5.69 Å². The van der Waals surface area contributed by atoms with Crippen LogP contribution in [0.15, 0.2) is 35.0 Å². The molecule has 4 heteroatoms. The van der Waals surface area contributed by atoms with Gasteiger partial charge in [0.25, 0.3) is 0 Å². The Balaban J connectivity index is 2.26. The largest absolute Gasteiger partial charge is 0.368 e. The van der Waals surface area contributed by atoms with Crippen LogP contribution in [0.5, 0.6) is 0 Å². The molecule has 0 bridgehead atoms. The first-order chi connectivity index (χ1) is 8.22. The number of nitrogens with zero attached hydrogens (tertiary/aromatic N) is 1. The second-order valence-electron chi connectivity index (χ2n) is 3.94. The molecule has 0 fully saturated rings. The Bertz CT molecular complexity index is 482. The van der Waals surface area contributed by atoms with E-state index in [0.29, 0.717) is 18.8 Å². The number of rotatable bonds is 4. The summed E-state index contributed by atoms with van der Waals surface area (Å²) in [5.74, 6) is -0.217. The molecule has 2 aromatic rings.